The number of benzene rings is 2. The van der Waals surface area contributed by atoms with Crippen LogP contribution in [0.3, 0.4) is 0 Å². The fourth-order valence-electron chi connectivity index (χ4n) is 3.21. The molecule has 7 nitrogen and oxygen atoms in total. The van der Waals surface area contributed by atoms with Gasteiger partial charge in [-0.2, -0.15) is 14.6 Å². The molecule has 2 aromatic carbocycles. The Hall–Kier alpha value is -3.52. The van der Waals surface area contributed by atoms with Gasteiger partial charge in [0.25, 0.3) is 11.1 Å². The second-order valence-electron chi connectivity index (χ2n) is 7.25. The maximum absolute atomic E-state index is 12.9. The number of ether oxygens (including phenoxy) is 2. The Labute approximate surface area is 188 Å². The van der Waals surface area contributed by atoms with Crippen LogP contribution < -0.4 is 25.1 Å². The van der Waals surface area contributed by atoms with Crippen molar-refractivity contribution in [3.05, 3.63) is 90.6 Å². The molecule has 0 aliphatic heterocycles. The normalized spacial score (nSPS) is 11.8. The van der Waals surface area contributed by atoms with Crippen LogP contribution in [0, 0.1) is 0 Å². The lowest BCUT2D eigenvalue weighted by atomic mass is 10.1. The van der Waals surface area contributed by atoms with Crippen molar-refractivity contribution >= 4 is 22.4 Å². The highest BCUT2D eigenvalue weighted by molar-refractivity contribution is 7.15. The van der Waals surface area contributed by atoms with E-state index in [9.17, 15) is 9.59 Å². The third-order valence-corrected chi connectivity index (χ3v) is 5.86. The van der Waals surface area contributed by atoms with Crippen LogP contribution in [0.25, 0.3) is 11.0 Å². The van der Waals surface area contributed by atoms with Crippen molar-refractivity contribution in [2.24, 2.45) is 0 Å². The Morgan fingerprint density at radius 2 is 1.91 bits per heavy atom. The van der Waals surface area contributed by atoms with E-state index in [1.165, 1.54) is 4.52 Å². The van der Waals surface area contributed by atoms with Gasteiger partial charge in [0.1, 0.15) is 5.69 Å². The SMILES string of the molecule is CCCCOc1ccc(C=c2sc3nc(=O)c(Cc4ccccc4)nn3c2=O)cc1OC. The summed E-state index contributed by atoms with van der Waals surface area (Å²) in [5.41, 5.74) is 1.22. The van der Waals surface area contributed by atoms with Crippen molar-refractivity contribution in [2.75, 3.05) is 13.7 Å². The number of rotatable bonds is 8. The molecule has 0 saturated carbocycles. The first-order valence-electron chi connectivity index (χ1n) is 10.4. The highest BCUT2D eigenvalue weighted by Gasteiger charge is 2.12. The molecular formula is C24H23N3O4S. The quantitative estimate of drug-likeness (QED) is 0.385. The predicted molar refractivity (Wildman–Crippen MR) is 125 cm³/mol. The van der Waals surface area contributed by atoms with E-state index in [0.29, 0.717) is 29.1 Å². The van der Waals surface area contributed by atoms with E-state index in [-0.39, 0.29) is 16.2 Å². The molecule has 0 spiro atoms. The number of hydrogen-bond donors (Lipinski definition) is 0. The monoisotopic (exact) mass is 449 g/mol. The van der Waals surface area contributed by atoms with E-state index in [4.69, 9.17) is 9.47 Å². The molecule has 0 aliphatic rings. The summed E-state index contributed by atoms with van der Waals surface area (Å²) in [4.78, 5) is 29.7. The average molecular weight is 450 g/mol. The number of aromatic nitrogens is 3. The minimum absolute atomic E-state index is 0.241. The summed E-state index contributed by atoms with van der Waals surface area (Å²) in [6.45, 7) is 2.72. The van der Waals surface area contributed by atoms with E-state index in [2.05, 4.69) is 17.0 Å². The summed E-state index contributed by atoms with van der Waals surface area (Å²) in [5.74, 6) is 1.26. The first-order valence-corrected chi connectivity index (χ1v) is 11.2. The standard InChI is InChI=1S/C24H23N3O4S/c1-3-4-12-31-19-11-10-17(14-20(19)30-2)15-21-23(29)27-24(32-21)25-22(28)18(26-27)13-16-8-6-5-7-9-16/h5-11,14-15H,3-4,12-13H2,1-2H3. The molecule has 8 heteroatoms. The van der Waals surface area contributed by atoms with E-state index in [1.54, 1.807) is 13.2 Å². The largest absolute Gasteiger partial charge is 0.493 e. The highest BCUT2D eigenvalue weighted by atomic mass is 32.1. The molecule has 0 atom stereocenters. The molecule has 0 unspecified atom stereocenters. The smallest absolute Gasteiger partial charge is 0.296 e. The van der Waals surface area contributed by atoms with E-state index < -0.39 is 5.56 Å². The number of hydrogen-bond acceptors (Lipinski definition) is 7. The summed E-state index contributed by atoms with van der Waals surface area (Å²) in [5, 5.41) is 4.30. The Balaban J connectivity index is 1.69. The van der Waals surface area contributed by atoms with Gasteiger partial charge in [-0.15, -0.1) is 0 Å². The van der Waals surface area contributed by atoms with Gasteiger partial charge in [0.15, 0.2) is 11.5 Å². The van der Waals surface area contributed by atoms with E-state index in [1.807, 2.05) is 48.5 Å². The molecular weight excluding hydrogens is 426 g/mol. The summed E-state index contributed by atoms with van der Waals surface area (Å²) < 4.78 is 12.8. The molecule has 0 bridgehead atoms. The molecule has 0 amide bonds. The third-order valence-electron chi connectivity index (χ3n) is 4.91. The van der Waals surface area contributed by atoms with Crippen molar-refractivity contribution in [3.63, 3.8) is 0 Å². The van der Waals surface area contributed by atoms with Gasteiger partial charge >= 0.3 is 0 Å². The zero-order valence-electron chi connectivity index (χ0n) is 17.9. The van der Waals surface area contributed by atoms with Gasteiger partial charge in [-0.1, -0.05) is 61.1 Å². The first kappa shape index (κ1) is 21.7. The van der Waals surface area contributed by atoms with Gasteiger partial charge in [0.05, 0.1) is 18.2 Å². The Kier molecular flexibility index (Phi) is 6.61. The molecule has 0 aliphatic carbocycles. The van der Waals surface area contributed by atoms with Gasteiger partial charge in [-0.3, -0.25) is 9.59 Å². The number of nitrogens with zero attached hydrogens (tertiary/aromatic N) is 3. The fraction of sp³-hybridized carbons (Fsp3) is 0.250. The van der Waals surface area contributed by atoms with Gasteiger partial charge in [0.2, 0.25) is 4.96 Å². The second-order valence-corrected chi connectivity index (χ2v) is 8.26. The zero-order valence-corrected chi connectivity index (χ0v) is 18.7. The van der Waals surface area contributed by atoms with Gasteiger partial charge in [-0.25, -0.2) is 0 Å². The lowest BCUT2D eigenvalue weighted by molar-refractivity contribution is 0.288. The van der Waals surface area contributed by atoms with Crippen LogP contribution >= 0.6 is 11.3 Å². The maximum Gasteiger partial charge on any atom is 0.296 e. The molecule has 0 saturated heterocycles. The van der Waals surface area contributed by atoms with E-state index in [0.717, 1.165) is 35.3 Å². The van der Waals surface area contributed by atoms with Crippen LogP contribution in [-0.2, 0) is 6.42 Å². The molecule has 0 N–H and O–H groups in total. The number of fused-ring (bicyclic) bond motifs is 1. The van der Waals surface area contributed by atoms with Gasteiger partial charge in [0, 0.05) is 6.42 Å². The molecule has 2 heterocycles. The lowest BCUT2D eigenvalue weighted by Crippen LogP contribution is -2.28. The molecule has 0 radical (unpaired) electrons. The average Bonchev–Trinajstić information content (AvgIpc) is 3.09. The third kappa shape index (κ3) is 4.70. The minimum atomic E-state index is -0.420. The molecule has 4 rings (SSSR count). The van der Waals surface area contributed by atoms with Crippen molar-refractivity contribution < 1.29 is 9.47 Å². The van der Waals surface area contributed by atoms with Crippen molar-refractivity contribution in [2.45, 2.75) is 26.2 Å². The van der Waals surface area contributed by atoms with Crippen LogP contribution in [0.5, 0.6) is 11.5 Å². The summed E-state index contributed by atoms with van der Waals surface area (Å²) in [7, 11) is 1.58. The number of unbranched alkanes of at least 4 members (excludes halogenated alkanes) is 1. The van der Waals surface area contributed by atoms with Crippen molar-refractivity contribution in [1.82, 2.24) is 14.6 Å². The molecule has 32 heavy (non-hydrogen) atoms. The maximum atomic E-state index is 12.9. The number of thiazole rings is 1. The molecule has 0 fully saturated rings. The zero-order chi connectivity index (χ0) is 22.5. The summed E-state index contributed by atoms with van der Waals surface area (Å²) >= 11 is 1.13. The molecule has 4 aromatic rings. The van der Waals surface area contributed by atoms with Crippen LogP contribution in [0.1, 0.15) is 36.6 Å². The van der Waals surface area contributed by atoms with Crippen LogP contribution in [0.4, 0.5) is 0 Å². The van der Waals surface area contributed by atoms with Gasteiger partial charge < -0.3 is 9.47 Å². The minimum Gasteiger partial charge on any atom is -0.493 e. The predicted octanol–water partition coefficient (Wildman–Crippen LogP) is 2.84. The van der Waals surface area contributed by atoms with Crippen LogP contribution in [-0.4, -0.2) is 28.3 Å². The summed E-state index contributed by atoms with van der Waals surface area (Å²) in [6, 6.07) is 15.0. The highest BCUT2D eigenvalue weighted by Crippen LogP contribution is 2.28. The van der Waals surface area contributed by atoms with Crippen LogP contribution in [0.2, 0.25) is 0 Å². The summed E-state index contributed by atoms with van der Waals surface area (Å²) in [6.07, 6.45) is 4.07. The van der Waals surface area contributed by atoms with Gasteiger partial charge in [-0.05, 0) is 35.8 Å². The molecule has 2 aromatic heterocycles. The Bertz CT molecular complexity index is 1400. The molecule has 164 valence electrons. The van der Waals surface area contributed by atoms with Crippen molar-refractivity contribution in [3.8, 4) is 11.5 Å². The Morgan fingerprint density at radius 3 is 2.66 bits per heavy atom. The van der Waals surface area contributed by atoms with E-state index >= 15 is 0 Å². The number of methoxy groups -OCH3 is 1. The topological polar surface area (TPSA) is 82.8 Å². The fourth-order valence-corrected chi connectivity index (χ4v) is 4.12. The second kappa shape index (κ2) is 9.74. The lowest BCUT2D eigenvalue weighted by Gasteiger charge is -2.10. The van der Waals surface area contributed by atoms with Crippen LogP contribution in [0.15, 0.2) is 58.1 Å². The Morgan fingerprint density at radius 1 is 1.09 bits per heavy atom. The van der Waals surface area contributed by atoms with Crippen molar-refractivity contribution in [1.29, 1.82) is 0 Å². The first-order chi connectivity index (χ1) is 15.6.